The lowest BCUT2D eigenvalue weighted by Crippen LogP contribution is -2.35. The molecule has 15 rings (SSSR count). The van der Waals surface area contributed by atoms with E-state index in [1.54, 1.807) is 94.3 Å². The summed E-state index contributed by atoms with van der Waals surface area (Å²) in [5, 5.41) is 46.1. The number of halogens is 3. The van der Waals surface area contributed by atoms with Gasteiger partial charge in [0.25, 0.3) is 5.91 Å². The monoisotopic (exact) mass is 1450 g/mol. The van der Waals surface area contributed by atoms with Crippen molar-refractivity contribution >= 4 is 75.8 Å². The van der Waals surface area contributed by atoms with E-state index in [0.29, 0.717) is 37.1 Å². The molecule has 107 heavy (non-hydrogen) atoms. The number of rotatable bonds is 17. The number of amides is 1. The fourth-order valence-electron chi connectivity index (χ4n) is 14.5. The Bertz CT molecular complexity index is 5890. The summed E-state index contributed by atoms with van der Waals surface area (Å²) < 4.78 is 67.5. The molecule has 12 aromatic rings. The maximum Gasteiger partial charge on any atom is 0.331 e. The Morgan fingerprint density at radius 2 is 0.944 bits per heavy atom. The second-order valence-electron chi connectivity index (χ2n) is 29.8. The predicted molar refractivity (Wildman–Crippen MR) is 412 cm³/mol. The van der Waals surface area contributed by atoms with E-state index >= 15 is 0 Å². The molecule has 9 heterocycles. The number of carboxylic acid groups (broad SMARTS) is 1. The summed E-state index contributed by atoms with van der Waals surface area (Å²) in [6.07, 6.45) is 11.5. The van der Waals surface area contributed by atoms with Crippen LogP contribution in [0.15, 0.2) is 167 Å². The zero-order valence-electron chi connectivity index (χ0n) is 61.0. The summed E-state index contributed by atoms with van der Waals surface area (Å²) in [7, 11) is -1.01. The van der Waals surface area contributed by atoms with Crippen LogP contribution in [0.1, 0.15) is 136 Å². The number of benzene rings is 6. The Morgan fingerprint density at radius 1 is 0.551 bits per heavy atom. The van der Waals surface area contributed by atoms with E-state index in [1.807, 2.05) is 58.5 Å². The zero-order chi connectivity index (χ0) is 76.4. The number of aliphatic imine (C=N–C) groups is 3. The van der Waals surface area contributed by atoms with Crippen LogP contribution in [0.25, 0.3) is 83.2 Å². The molecule has 3 aliphatic heterocycles. The van der Waals surface area contributed by atoms with Crippen molar-refractivity contribution in [3.05, 3.63) is 226 Å². The molecule has 538 valence electrons. The first-order valence-corrected chi connectivity index (χ1v) is 37.2. The van der Waals surface area contributed by atoms with E-state index in [9.17, 15) is 48.2 Å². The average molecular weight is 1450 g/mol. The Morgan fingerprint density at radius 3 is 1.30 bits per heavy atom. The smallest absolute Gasteiger partial charge is 0.331 e. The number of aromatic nitrogens is 7. The Labute approximate surface area is 616 Å². The molecule has 0 saturated heterocycles. The van der Waals surface area contributed by atoms with Gasteiger partial charge in [-0.3, -0.25) is 29.4 Å². The molecule has 19 nitrogen and oxygen atoms in total. The number of aliphatic carboxylic acids is 1. The van der Waals surface area contributed by atoms with Crippen LogP contribution >= 0.6 is 7.14 Å². The van der Waals surface area contributed by atoms with Gasteiger partial charge in [-0.05, 0) is 188 Å². The highest BCUT2D eigenvalue weighted by Gasteiger charge is 2.38. The third-order valence-corrected chi connectivity index (χ3v) is 21.4. The Kier molecular flexibility index (Phi) is 19.1. The van der Waals surface area contributed by atoms with Gasteiger partial charge in [0.2, 0.25) is 5.88 Å². The van der Waals surface area contributed by atoms with E-state index in [1.165, 1.54) is 48.2 Å². The zero-order valence-corrected chi connectivity index (χ0v) is 61.9. The SMILES string of the molecule is CC(C)(CC#N)c1c(-c2ccc(P(C)(C)=O)nc2)c2cc3c(cc2n1-c1ccc(F)cc1)C=NC3.CC(C)(CC#N)c1c(-c2cnn(C(C)(C)C(=O)O)c2)c2cc3c(cc2n1-c1ccc(F)cc1)C=NC3.COc1nc(C(N)=O)ccc1-c1c(C(C)(C)CC#N)n(-c2ccc(F)cc2)c2cc3c(cc12)CN=C3. The Balaban J connectivity index is 0.000000142. The van der Waals surface area contributed by atoms with E-state index in [2.05, 4.69) is 112 Å². The van der Waals surface area contributed by atoms with Crippen LogP contribution in [0, 0.1) is 51.4 Å². The lowest BCUT2D eigenvalue weighted by Gasteiger charge is -2.27. The highest BCUT2D eigenvalue weighted by molar-refractivity contribution is 7.69. The van der Waals surface area contributed by atoms with Gasteiger partial charge in [0.05, 0.1) is 73.1 Å². The van der Waals surface area contributed by atoms with Gasteiger partial charge >= 0.3 is 5.97 Å². The fourth-order valence-corrected chi connectivity index (χ4v) is 15.3. The molecule has 1 amide bonds. The molecule has 6 aromatic heterocycles. The van der Waals surface area contributed by atoms with E-state index in [4.69, 9.17) is 10.5 Å². The lowest BCUT2D eigenvalue weighted by atomic mass is 9.81. The van der Waals surface area contributed by atoms with Crippen molar-refractivity contribution in [1.29, 1.82) is 15.8 Å². The largest absolute Gasteiger partial charge is 0.481 e. The molecule has 3 N–H and O–H groups in total. The van der Waals surface area contributed by atoms with Gasteiger partial charge in [-0.2, -0.15) is 20.9 Å². The highest BCUT2D eigenvalue weighted by atomic mass is 31.2. The minimum Gasteiger partial charge on any atom is -0.481 e. The maximum atomic E-state index is 13.9. The second kappa shape index (κ2) is 28.0. The first kappa shape index (κ1) is 73.0. The van der Waals surface area contributed by atoms with Crippen LogP contribution in [0.5, 0.6) is 5.88 Å². The van der Waals surface area contributed by atoms with Crippen LogP contribution in [0.3, 0.4) is 0 Å². The third-order valence-electron chi connectivity index (χ3n) is 20.0. The second-order valence-corrected chi connectivity index (χ2v) is 32.9. The standard InChI is InChI=1S/C28H26FN5O2.C28H24FN5O2.C28H26FN4OP/c1-27(2,9-10-30)25-24(19-15-32-33(16-19)28(3,4)26(35)36)22-11-17-13-31-14-18(17)12-23(22)34(25)21-7-5-20(29)6-8-21;1-28(2,10-11-30)25-24(20-8-9-22(26(31)35)33-27(20)36-3)21-12-16-14-32-15-17(16)13-23(21)34(25)19-6-4-18(29)5-7-19;1-28(2,11-12-30)27-26(18-5-10-25(32-17-18)35(3,4)34)23-13-19-15-31-16-20(19)14-24(23)33(27)22-8-6-21(29)7-9-22/h5-8,11-12,14-16H,9,13H2,1-4H3,(H,35,36);4-9,12-13,15H,10,14H2,1-3H3,(H2,31,35);5-10,13-14,16-17H,11,15H2,1-4H3. The molecule has 0 saturated carbocycles. The number of carbonyl (C=O) groups excluding carboxylic acids is 1. The summed E-state index contributed by atoms with van der Waals surface area (Å²) in [4.78, 5) is 45.9. The van der Waals surface area contributed by atoms with E-state index in [0.717, 1.165) is 128 Å². The van der Waals surface area contributed by atoms with Crippen LogP contribution in [-0.2, 0) is 50.8 Å². The van der Waals surface area contributed by atoms with Gasteiger partial charge in [0, 0.05) is 150 Å². The average Bonchev–Trinajstić information content (AvgIpc) is 1.58. The summed E-state index contributed by atoms with van der Waals surface area (Å²) >= 11 is 0. The van der Waals surface area contributed by atoms with Crippen molar-refractivity contribution in [2.75, 3.05) is 20.4 Å². The maximum absolute atomic E-state index is 13.9. The van der Waals surface area contributed by atoms with Crippen LogP contribution < -0.4 is 15.9 Å². The highest BCUT2D eigenvalue weighted by Crippen LogP contribution is 2.50. The topological polar surface area (TPSA) is 274 Å². The van der Waals surface area contributed by atoms with E-state index in [-0.39, 0.29) is 41.9 Å². The van der Waals surface area contributed by atoms with Gasteiger partial charge < -0.3 is 33.8 Å². The number of pyridine rings is 2. The number of carbonyl (C=O) groups is 2. The van der Waals surface area contributed by atoms with Crippen molar-refractivity contribution in [2.45, 2.75) is 116 Å². The van der Waals surface area contributed by atoms with Crippen molar-refractivity contribution in [2.24, 2.45) is 20.7 Å². The van der Waals surface area contributed by atoms with Crippen LogP contribution in [0.4, 0.5) is 13.2 Å². The van der Waals surface area contributed by atoms with Gasteiger partial charge in [-0.1, -0.05) is 47.6 Å². The fraction of sp³-hybridized carbons (Fsp3) is 0.250. The van der Waals surface area contributed by atoms with Gasteiger partial charge in [-0.15, -0.1) is 0 Å². The molecule has 0 aliphatic carbocycles. The molecule has 3 aliphatic rings. The number of fused-ring (bicyclic) bond motifs is 6. The van der Waals surface area contributed by atoms with Crippen molar-refractivity contribution in [3.8, 4) is 74.5 Å². The minimum absolute atomic E-state index is 0.0880. The first-order chi connectivity index (χ1) is 50.9. The molecular formula is C84H76F3N14O5P. The van der Waals surface area contributed by atoms with E-state index < -0.39 is 40.8 Å². The first-order valence-electron chi connectivity index (χ1n) is 34.6. The molecule has 0 radical (unpaired) electrons. The van der Waals surface area contributed by atoms with Gasteiger partial charge in [-0.25, -0.2) is 22.9 Å². The number of nitrogens with two attached hydrogens (primary N) is 1. The minimum atomic E-state index is -2.50. The summed E-state index contributed by atoms with van der Waals surface area (Å²) in [6, 6.07) is 45.7. The number of ether oxygens (including phenoxy) is 1. The molecule has 0 fully saturated rings. The molecule has 6 aromatic carbocycles. The number of methoxy groups -OCH3 is 1. The van der Waals surface area contributed by atoms with Crippen LogP contribution in [-0.4, -0.2) is 89.5 Å². The molecule has 0 spiro atoms. The van der Waals surface area contributed by atoms with Crippen molar-refractivity contribution in [1.82, 2.24) is 33.4 Å². The summed E-state index contributed by atoms with van der Waals surface area (Å²) in [5.74, 6) is -2.39. The third kappa shape index (κ3) is 13.5. The predicted octanol–water partition coefficient (Wildman–Crippen LogP) is 16.8. The molecule has 23 heteroatoms. The van der Waals surface area contributed by atoms with Crippen molar-refractivity contribution < 1.29 is 37.2 Å². The van der Waals surface area contributed by atoms with Gasteiger partial charge in [0.15, 0.2) is 5.54 Å². The number of carboxylic acids is 1. The van der Waals surface area contributed by atoms with Gasteiger partial charge in [0.1, 0.15) is 30.3 Å². The summed E-state index contributed by atoms with van der Waals surface area (Å²) in [5.41, 5.74) is 22.2. The molecule has 0 bridgehead atoms. The Hall–Kier alpha value is -12.3. The normalized spacial score (nSPS) is 13.0. The molecule has 0 unspecified atom stereocenters. The number of primary amides is 1. The number of nitriles is 3. The number of hydrogen-bond donors (Lipinski definition) is 2. The number of nitrogens with zero attached hydrogens (tertiary/aromatic N) is 13. The number of hydrogen-bond acceptors (Lipinski definition) is 13. The van der Waals surface area contributed by atoms with Crippen molar-refractivity contribution in [3.63, 3.8) is 0 Å². The van der Waals surface area contributed by atoms with Crippen LogP contribution in [0.2, 0.25) is 0 Å². The summed E-state index contributed by atoms with van der Waals surface area (Å²) in [6.45, 7) is 20.5. The lowest BCUT2D eigenvalue weighted by molar-refractivity contribution is -0.146. The molecular weight excluding hydrogens is 1370 g/mol. The quantitative estimate of drug-likeness (QED) is 0.0809. The molecule has 0 atom stereocenters.